The highest BCUT2D eigenvalue weighted by atomic mass is 35.5. The van der Waals surface area contributed by atoms with Crippen LogP contribution in [0.2, 0.25) is 0 Å². The lowest BCUT2D eigenvalue weighted by Gasteiger charge is -2.11. The molecule has 0 spiro atoms. The number of hydrogen-bond acceptors (Lipinski definition) is 8. The van der Waals surface area contributed by atoms with Crippen molar-refractivity contribution in [1.29, 1.82) is 0 Å². The molecule has 1 aliphatic heterocycles. The van der Waals surface area contributed by atoms with Gasteiger partial charge in [0.2, 0.25) is 18.1 Å². The van der Waals surface area contributed by atoms with E-state index in [1.165, 1.54) is 20.3 Å². The van der Waals surface area contributed by atoms with E-state index in [0.29, 0.717) is 5.56 Å². The summed E-state index contributed by atoms with van der Waals surface area (Å²) in [5.74, 6) is 0.507. The zero-order chi connectivity index (χ0) is 17.8. The maximum Gasteiger partial charge on any atom is 0.345 e. The molecule has 0 fully saturated rings. The van der Waals surface area contributed by atoms with Crippen molar-refractivity contribution in [2.24, 2.45) is 0 Å². The molecule has 2 aromatic rings. The Hall–Kier alpha value is -2.58. The zero-order valence-corrected chi connectivity index (χ0v) is 14.3. The smallest absolute Gasteiger partial charge is 0.345 e. The van der Waals surface area contributed by atoms with Crippen molar-refractivity contribution in [1.82, 2.24) is 9.97 Å². The highest BCUT2D eigenvalue weighted by Gasteiger charge is 2.35. The number of carbonyl (C=O) groups is 1. The minimum atomic E-state index is -0.814. The maximum atomic E-state index is 12.2. The fourth-order valence-electron chi connectivity index (χ4n) is 2.28. The lowest BCUT2D eigenvalue weighted by Crippen LogP contribution is -2.05. The van der Waals surface area contributed by atoms with Crippen molar-refractivity contribution in [2.75, 3.05) is 26.7 Å². The summed E-state index contributed by atoms with van der Waals surface area (Å²) >= 11 is 5.61. The summed E-state index contributed by atoms with van der Waals surface area (Å²) in [6.07, 6.45) is -0.814. The van der Waals surface area contributed by atoms with Crippen LogP contribution >= 0.6 is 11.6 Å². The van der Waals surface area contributed by atoms with Crippen LogP contribution in [0.1, 0.15) is 22.2 Å². The summed E-state index contributed by atoms with van der Waals surface area (Å²) < 4.78 is 26.5. The predicted octanol–water partition coefficient (Wildman–Crippen LogP) is 2.71. The number of fused-ring (bicyclic) bond motifs is 1. The topological polar surface area (TPSA) is 89.0 Å². The van der Waals surface area contributed by atoms with E-state index in [9.17, 15) is 4.79 Å². The Kier molecular flexibility index (Phi) is 5.20. The van der Waals surface area contributed by atoms with E-state index in [0.717, 1.165) is 0 Å². The van der Waals surface area contributed by atoms with Crippen molar-refractivity contribution in [3.05, 3.63) is 35.4 Å². The Morgan fingerprint density at radius 2 is 1.92 bits per heavy atom. The van der Waals surface area contributed by atoms with Crippen molar-refractivity contribution in [3.63, 3.8) is 0 Å². The second-order valence-corrected chi connectivity index (χ2v) is 5.23. The van der Waals surface area contributed by atoms with Gasteiger partial charge < -0.3 is 23.7 Å². The second kappa shape index (κ2) is 7.54. The third-order valence-corrected chi connectivity index (χ3v) is 3.51. The van der Waals surface area contributed by atoms with Crippen LogP contribution in [-0.2, 0) is 9.47 Å². The third-order valence-electron chi connectivity index (χ3n) is 3.36. The number of ether oxygens (including phenoxy) is 5. The van der Waals surface area contributed by atoms with Gasteiger partial charge in [-0.05, 0) is 6.07 Å². The largest absolute Gasteiger partial charge is 0.481 e. The zero-order valence-electron chi connectivity index (χ0n) is 13.5. The van der Waals surface area contributed by atoms with Gasteiger partial charge in [-0.15, -0.1) is 11.6 Å². The lowest BCUT2D eigenvalue weighted by molar-refractivity contribution is -0.0986. The van der Waals surface area contributed by atoms with E-state index in [1.807, 2.05) is 0 Å². The summed E-state index contributed by atoms with van der Waals surface area (Å²) in [6, 6.07) is 6.53. The highest BCUT2D eigenvalue weighted by molar-refractivity contribution is 6.17. The monoisotopic (exact) mass is 366 g/mol. The normalized spacial score (nSPS) is 15.5. The lowest BCUT2D eigenvalue weighted by atomic mass is 10.1. The quantitative estimate of drug-likeness (QED) is 0.546. The van der Waals surface area contributed by atoms with Gasteiger partial charge in [0, 0.05) is 11.4 Å². The fourth-order valence-corrected chi connectivity index (χ4v) is 2.37. The molecule has 1 atom stereocenters. The number of benzene rings is 1. The number of nitrogens with zero attached hydrogens (tertiary/aromatic N) is 2. The number of methoxy groups -OCH3 is 2. The number of alkyl halides is 1. The number of cyclic esters (lactones) is 1. The van der Waals surface area contributed by atoms with Gasteiger partial charge in [-0.2, -0.15) is 9.97 Å². The molecule has 3 rings (SSSR count). The summed E-state index contributed by atoms with van der Waals surface area (Å²) in [6.45, 7) is 0.250. The van der Waals surface area contributed by atoms with Crippen molar-refractivity contribution in [2.45, 2.75) is 6.29 Å². The van der Waals surface area contributed by atoms with Gasteiger partial charge >= 0.3 is 12.0 Å². The highest BCUT2D eigenvalue weighted by Crippen LogP contribution is 2.38. The van der Waals surface area contributed by atoms with E-state index in [4.69, 9.17) is 35.3 Å². The fraction of sp³-hybridized carbons (Fsp3) is 0.312. The van der Waals surface area contributed by atoms with Crippen LogP contribution in [0.25, 0.3) is 0 Å². The molecule has 0 radical (unpaired) electrons. The Balaban J connectivity index is 1.92. The molecule has 1 aromatic heterocycles. The Bertz CT molecular complexity index is 763. The minimum absolute atomic E-state index is 0.0254. The molecule has 1 aliphatic rings. The van der Waals surface area contributed by atoms with Gasteiger partial charge in [0.15, 0.2) is 0 Å². The van der Waals surface area contributed by atoms with Gasteiger partial charge in [0.1, 0.15) is 11.3 Å². The molecule has 25 heavy (non-hydrogen) atoms. The first-order valence-corrected chi connectivity index (χ1v) is 7.86. The van der Waals surface area contributed by atoms with Crippen LogP contribution in [0.5, 0.6) is 23.5 Å². The Morgan fingerprint density at radius 1 is 1.20 bits per heavy atom. The first kappa shape index (κ1) is 17.2. The van der Waals surface area contributed by atoms with Gasteiger partial charge in [-0.25, -0.2) is 4.79 Å². The molecule has 8 nitrogen and oxygen atoms in total. The van der Waals surface area contributed by atoms with Gasteiger partial charge in [0.25, 0.3) is 0 Å². The molecule has 132 valence electrons. The number of rotatable bonds is 7. The average molecular weight is 367 g/mol. The summed E-state index contributed by atoms with van der Waals surface area (Å²) in [4.78, 5) is 20.3. The van der Waals surface area contributed by atoms with Gasteiger partial charge in [-0.3, -0.25) is 0 Å². The molecular weight excluding hydrogens is 352 g/mol. The number of hydrogen-bond donors (Lipinski definition) is 0. The van der Waals surface area contributed by atoms with Crippen LogP contribution in [0.4, 0.5) is 0 Å². The van der Waals surface area contributed by atoms with Crippen LogP contribution < -0.4 is 14.2 Å². The molecule has 1 unspecified atom stereocenters. The van der Waals surface area contributed by atoms with Crippen LogP contribution in [0, 0.1) is 0 Å². The number of aromatic nitrogens is 2. The van der Waals surface area contributed by atoms with Gasteiger partial charge in [-0.1, -0.05) is 12.1 Å². The minimum Gasteiger partial charge on any atom is -0.481 e. The standard InChI is InChI=1S/C16H15ClN2O6/c1-21-11-8-12(22-2)19-16(18-11)24-10-5-3-4-9-13(10)14(20)25-15(9)23-7-6-17/h3-5,8,15H,6-7H2,1-2H3. The number of halogens is 1. The predicted molar refractivity (Wildman–Crippen MR) is 86.5 cm³/mol. The molecule has 0 bridgehead atoms. The average Bonchev–Trinajstić information content (AvgIpc) is 2.96. The molecule has 0 amide bonds. The first-order chi connectivity index (χ1) is 12.2. The van der Waals surface area contributed by atoms with Crippen molar-refractivity contribution >= 4 is 17.6 Å². The summed E-state index contributed by atoms with van der Waals surface area (Å²) in [5, 5.41) is 0. The second-order valence-electron chi connectivity index (χ2n) is 4.85. The molecule has 9 heteroatoms. The van der Waals surface area contributed by atoms with E-state index < -0.39 is 12.3 Å². The molecule has 0 saturated carbocycles. The molecular formula is C16H15ClN2O6. The SMILES string of the molecule is COc1cc(OC)nc(Oc2cccc3c2C(=O)OC3OCCCl)n1. The van der Waals surface area contributed by atoms with E-state index in [2.05, 4.69) is 9.97 Å². The Morgan fingerprint density at radius 3 is 2.56 bits per heavy atom. The van der Waals surface area contributed by atoms with E-state index >= 15 is 0 Å². The molecule has 0 aliphatic carbocycles. The maximum absolute atomic E-state index is 12.2. The third kappa shape index (κ3) is 3.59. The van der Waals surface area contributed by atoms with Crippen LogP contribution in [0.3, 0.4) is 0 Å². The molecule has 1 aromatic carbocycles. The molecule has 2 heterocycles. The summed E-state index contributed by atoms with van der Waals surface area (Å²) in [7, 11) is 2.92. The molecule has 0 N–H and O–H groups in total. The number of carbonyl (C=O) groups excluding carboxylic acids is 1. The summed E-state index contributed by atoms with van der Waals surface area (Å²) in [5.41, 5.74) is 0.815. The first-order valence-electron chi connectivity index (χ1n) is 7.32. The number of esters is 1. The van der Waals surface area contributed by atoms with Crippen molar-refractivity contribution in [3.8, 4) is 23.5 Å². The van der Waals surface area contributed by atoms with E-state index in [1.54, 1.807) is 18.2 Å². The van der Waals surface area contributed by atoms with Crippen LogP contribution in [-0.4, -0.2) is 42.6 Å². The van der Waals surface area contributed by atoms with Gasteiger partial charge in [0.05, 0.1) is 26.9 Å². The Labute approximate surface area is 148 Å². The van der Waals surface area contributed by atoms with E-state index in [-0.39, 0.29) is 41.6 Å². The molecule has 0 saturated heterocycles. The van der Waals surface area contributed by atoms with Crippen LogP contribution in [0.15, 0.2) is 24.3 Å². The van der Waals surface area contributed by atoms with Crippen molar-refractivity contribution < 1.29 is 28.5 Å².